The molecule has 0 aromatic carbocycles. The highest BCUT2D eigenvalue weighted by Crippen LogP contribution is 2.41. The summed E-state index contributed by atoms with van der Waals surface area (Å²) in [6.45, 7) is 5.09. The Kier molecular flexibility index (Phi) is 5.61. The molecule has 2 aliphatic rings. The van der Waals surface area contributed by atoms with Crippen LogP contribution in [0.4, 0.5) is 10.2 Å². The second kappa shape index (κ2) is 8.21. The van der Waals surface area contributed by atoms with Crippen molar-refractivity contribution in [3.05, 3.63) is 41.4 Å². The maximum Gasteiger partial charge on any atom is 0.258 e. The number of fused-ring (bicyclic) bond motifs is 1. The van der Waals surface area contributed by atoms with Gasteiger partial charge in [0.05, 0.1) is 10.9 Å². The molecule has 1 aliphatic carbocycles. The van der Waals surface area contributed by atoms with Crippen LogP contribution in [-0.2, 0) is 5.15 Å². The zero-order valence-corrected chi connectivity index (χ0v) is 20.9. The first-order chi connectivity index (χ1) is 15.6. The number of amides is 1. The maximum atomic E-state index is 14.0. The zero-order valence-electron chi connectivity index (χ0n) is 18.6. The van der Waals surface area contributed by atoms with E-state index in [2.05, 4.69) is 50.7 Å². The smallest absolute Gasteiger partial charge is 0.258 e. The van der Waals surface area contributed by atoms with Crippen LogP contribution in [-0.4, -0.2) is 49.4 Å². The van der Waals surface area contributed by atoms with E-state index in [4.69, 9.17) is 4.42 Å². The summed E-state index contributed by atoms with van der Waals surface area (Å²) in [6.07, 6.45) is 8.12. The van der Waals surface area contributed by atoms with E-state index in [0.717, 1.165) is 25.7 Å². The molecule has 1 N–H and O–H groups in total. The maximum absolute atomic E-state index is 14.0. The number of anilines is 1. The van der Waals surface area contributed by atoms with Gasteiger partial charge in [0.1, 0.15) is 23.7 Å². The molecule has 2 atom stereocenters. The predicted molar refractivity (Wildman–Crippen MR) is 130 cm³/mol. The summed E-state index contributed by atoms with van der Waals surface area (Å²) in [5.74, 6) is 1.94. The quantitative estimate of drug-likeness (QED) is 0.540. The molecule has 1 saturated heterocycles. The Balaban J connectivity index is 1.34. The van der Waals surface area contributed by atoms with E-state index in [1.165, 1.54) is 18.7 Å². The van der Waals surface area contributed by atoms with Crippen LogP contribution in [0.3, 0.4) is 0 Å². The lowest BCUT2D eigenvalue weighted by Gasteiger charge is -2.31. The van der Waals surface area contributed by atoms with Gasteiger partial charge in [0, 0.05) is 42.5 Å². The molecular weight excluding hydrogens is 461 g/mol. The highest BCUT2D eigenvalue weighted by Gasteiger charge is 2.39. The van der Waals surface area contributed by atoms with Crippen LogP contribution in [0.5, 0.6) is 0 Å². The summed E-state index contributed by atoms with van der Waals surface area (Å²) >= 11 is 0. The van der Waals surface area contributed by atoms with Gasteiger partial charge >= 0.3 is 0 Å². The van der Waals surface area contributed by atoms with Gasteiger partial charge in [-0.25, -0.2) is 24.3 Å². The lowest BCUT2D eigenvalue weighted by atomic mass is 9.95. The molecule has 33 heavy (non-hydrogen) atoms. The summed E-state index contributed by atoms with van der Waals surface area (Å²) in [5.41, 5.74) is 1.35. The van der Waals surface area contributed by atoms with Crippen molar-refractivity contribution in [2.24, 2.45) is 0 Å². The SMILES string of the molecule is Cc1oc2ncnc(NC3(C)CC3)c2c1C(=O)N1CCC(c2ncc(C(F)(P)P)cn2)CC1. The molecule has 1 aliphatic heterocycles. The number of hydrogen-bond donors (Lipinski definition) is 1. The molecule has 0 radical (unpaired) electrons. The topological polar surface area (TPSA) is 97.0 Å². The van der Waals surface area contributed by atoms with Gasteiger partial charge < -0.3 is 14.6 Å². The third kappa shape index (κ3) is 4.45. The third-order valence-electron chi connectivity index (χ3n) is 6.56. The summed E-state index contributed by atoms with van der Waals surface area (Å²) in [5, 5.41) is 2.48. The highest BCUT2D eigenvalue weighted by molar-refractivity contribution is 7.38. The van der Waals surface area contributed by atoms with Crippen LogP contribution >= 0.6 is 18.5 Å². The summed E-state index contributed by atoms with van der Waals surface area (Å²) in [6, 6.07) is 0. The number of likely N-dealkylation sites (tertiary alicyclic amines) is 1. The molecule has 3 aromatic heterocycles. The fourth-order valence-electron chi connectivity index (χ4n) is 4.24. The van der Waals surface area contributed by atoms with Crippen molar-refractivity contribution >= 4 is 41.3 Å². The van der Waals surface area contributed by atoms with E-state index in [1.807, 2.05) is 4.90 Å². The van der Waals surface area contributed by atoms with Gasteiger partial charge in [-0.3, -0.25) is 4.79 Å². The number of nitrogens with one attached hydrogen (secondary N) is 1. The largest absolute Gasteiger partial charge is 0.442 e. The van der Waals surface area contributed by atoms with Crippen LogP contribution in [0.1, 0.15) is 66.0 Å². The Morgan fingerprint density at radius 2 is 1.88 bits per heavy atom. The molecule has 1 amide bonds. The van der Waals surface area contributed by atoms with Gasteiger partial charge in [0.15, 0.2) is 5.15 Å². The van der Waals surface area contributed by atoms with Crippen LogP contribution in [0.2, 0.25) is 0 Å². The average Bonchev–Trinajstić information content (AvgIpc) is 3.41. The normalized spacial score (nSPS) is 18.5. The monoisotopic (exact) mass is 488 g/mol. The molecule has 2 fully saturated rings. The number of rotatable bonds is 5. The van der Waals surface area contributed by atoms with Crippen molar-refractivity contribution in [1.29, 1.82) is 0 Å². The first-order valence-electron chi connectivity index (χ1n) is 11.1. The van der Waals surface area contributed by atoms with E-state index in [0.29, 0.717) is 52.7 Å². The Hall–Kier alpha value is -2.24. The van der Waals surface area contributed by atoms with Crippen molar-refractivity contribution in [3.63, 3.8) is 0 Å². The minimum atomic E-state index is -1.63. The number of aromatic nitrogens is 4. The molecular formula is C22H27FN6O2P2. The average molecular weight is 488 g/mol. The Labute approximate surface area is 196 Å². The van der Waals surface area contributed by atoms with E-state index in [1.54, 1.807) is 6.92 Å². The van der Waals surface area contributed by atoms with E-state index < -0.39 is 5.15 Å². The van der Waals surface area contributed by atoms with Gasteiger partial charge in [-0.15, -0.1) is 0 Å². The van der Waals surface area contributed by atoms with Gasteiger partial charge in [0.25, 0.3) is 5.91 Å². The predicted octanol–water partition coefficient (Wildman–Crippen LogP) is 4.14. The lowest BCUT2D eigenvalue weighted by molar-refractivity contribution is 0.0711. The fraction of sp³-hybridized carbons (Fsp3) is 0.500. The highest BCUT2D eigenvalue weighted by atomic mass is 31.1. The second-order valence-corrected chi connectivity index (χ2v) is 11.6. The number of carbonyl (C=O) groups excluding carboxylic acids is 1. The van der Waals surface area contributed by atoms with Crippen LogP contribution in [0.25, 0.3) is 11.1 Å². The molecule has 3 aromatic rings. The number of piperidine rings is 1. The number of hydrogen-bond acceptors (Lipinski definition) is 7. The first-order valence-corrected chi connectivity index (χ1v) is 12.2. The van der Waals surface area contributed by atoms with Crippen molar-refractivity contribution in [2.75, 3.05) is 18.4 Å². The van der Waals surface area contributed by atoms with Crippen LogP contribution in [0.15, 0.2) is 23.1 Å². The van der Waals surface area contributed by atoms with Gasteiger partial charge in [-0.1, -0.05) is 18.5 Å². The van der Waals surface area contributed by atoms with Crippen molar-refractivity contribution in [1.82, 2.24) is 24.8 Å². The summed E-state index contributed by atoms with van der Waals surface area (Å²) in [7, 11) is 4.24. The van der Waals surface area contributed by atoms with Crippen LogP contribution in [0, 0.1) is 6.92 Å². The minimum Gasteiger partial charge on any atom is -0.442 e. The summed E-state index contributed by atoms with van der Waals surface area (Å²) < 4.78 is 19.8. The van der Waals surface area contributed by atoms with Gasteiger partial charge in [-0.2, -0.15) is 0 Å². The molecule has 4 heterocycles. The van der Waals surface area contributed by atoms with Crippen molar-refractivity contribution < 1.29 is 13.6 Å². The number of alkyl halides is 1. The Morgan fingerprint density at radius 1 is 1.21 bits per heavy atom. The number of nitrogens with zero attached hydrogens (tertiary/aromatic N) is 5. The fourth-order valence-corrected chi connectivity index (χ4v) is 4.54. The molecule has 1 saturated carbocycles. The third-order valence-corrected chi connectivity index (χ3v) is 7.23. The molecule has 174 valence electrons. The lowest BCUT2D eigenvalue weighted by Crippen LogP contribution is -2.38. The Morgan fingerprint density at radius 3 is 2.48 bits per heavy atom. The molecule has 11 heteroatoms. The van der Waals surface area contributed by atoms with E-state index in [9.17, 15) is 9.18 Å². The van der Waals surface area contributed by atoms with Gasteiger partial charge in [0.2, 0.25) is 5.71 Å². The molecule has 0 bridgehead atoms. The Bertz CT molecular complexity index is 1200. The number of aryl methyl sites for hydroxylation is 1. The summed E-state index contributed by atoms with van der Waals surface area (Å²) in [4.78, 5) is 32.8. The van der Waals surface area contributed by atoms with Gasteiger partial charge in [-0.05, 0) is 39.5 Å². The zero-order chi connectivity index (χ0) is 23.4. The van der Waals surface area contributed by atoms with Crippen molar-refractivity contribution in [2.45, 2.75) is 56.1 Å². The minimum absolute atomic E-state index is 0.00934. The number of halogens is 1. The molecule has 5 rings (SSSR count). The van der Waals surface area contributed by atoms with Crippen LogP contribution < -0.4 is 5.32 Å². The molecule has 0 spiro atoms. The molecule has 2 unspecified atom stereocenters. The van der Waals surface area contributed by atoms with Crippen molar-refractivity contribution in [3.8, 4) is 0 Å². The number of carbonyl (C=O) groups is 1. The van der Waals surface area contributed by atoms with E-state index in [-0.39, 0.29) is 17.4 Å². The first kappa shape index (κ1) is 22.5. The molecule has 8 nitrogen and oxygen atoms in total. The standard InChI is InChI=1S/C22H27FN6O2P2/c1-12-15(16-18(28-21(2)5-6-21)26-11-27-19(16)31-12)20(30)29-7-3-13(4-8-29)17-24-9-14(10-25-17)22(23,32)33/h9-11,13H,3-8,32-33H2,1-2H3,(H,26,27,28). The second-order valence-electron chi connectivity index (χ2n) is 9.29. The van der Waals surface area contributed by atoms with E-state index >= 15 is 0 Å². The number of furan rings is 1.